The molecule has 0 N–H and O–H groups in total. The van der Waals surface area contributed by atoms with E-state index in [1.54, 1.807) is 7.11 Å². The molecule has 1 fully saturated rings. The second kappa shape index (κ2) is 5.84. The number of rotatable bonds is 4. The second-order valence-electron chi connectivity index (χ2n) is 3.75. The lowest BCUT2D eigenvalue weighted by molar-refractivity contribution is 0.0345. The highest BCUT2D eigenvalue weighted by molar-refractivity contribution is 14.1. The van der Waals surface area contributed by atoms with Gasteiger partial charge in [-0.1, -0.05) is 34.7 Å². The molecular weight excluding hydrogens is 319 g/mol. The maximum absolute atomic E-state index is 5.81. The minimum absolute atomic E-state index is 0.215. The summed E-state index contributed by atoms with van der Waals surface area (Å²) in [5.41, 5.74) is 1.13. The summed E-state index contributed by atoms with van der Waals surface area (Å²) in [5, 5.41) is 0. The van der Waals surface area contributed by atoms with E-state index < -0.39 is 0 Å². The van der Waals surface area contributed by atoms with Gasteiger partial charge in [0.05, 0.1) is 37.0 Å². The SMILES string of the molecule is COc1cccc(COC2COCC2I)c1. The molecule has 2 unspecified atom stereocenters. The van der Waals surface area contributed by atoms with Crippen molar-refractivity contribution in [2.75, 3.05) is 20.3 Å². The van der Waals surface area contributed by atoms with Gasteiger partial charge in [0.1, 0.15) is 5.75 Å². The molecule has 1 heterocycles. The maximum Gasteiger partial charge on any atom is 0.119 e. The summed E-state index contributed by atoms with van der Waals surface area (Å²) < 4.78 is 16.8. The Morgan fingerprint density at radius 3 is 3.00 bits per heavy atom. The number of halogens is 1. The van der Waals surface area contributed by atoms with Gasteiger partial charge in [-0.25, -0.2) is 0 Å². The predicted molar refractivity (Wildman–Crippen MR) is 70.2 cm³/mol. The monoisotopic (exact) mass is 334 g/mol. The molecule has 0 aliphatic carbocycles. The lowest BCUT2D eigenvalue weighted by Crippen LogP contribution is -2.21. The predicted octanol–water partition coefficient (Wildman–Crippen LogP) is 2.41. The van der Waals surface area contributed by atoms with Crippen LogP contribution in [0.5, 0.6) is 5.75 Å². The van der Waals surface area contributed by atoms with Gasteiger partial charge in [-0.2, -0.15) is 0 Å². The Morgan fingerprint density at radius 1 is 1.44 bits per heavy atom. The molecule has 0 aromatic heterocycles. The number of benzene rings is 1. The van der Waals surface area contributed by atoms with Crippen molar-refractivity contribution < 1.29 is 14.2 Å². The van der Waals surface area contributed by atoms with Crippen LogP contribution in [0.25, 0.3) is 0 Å². The molecule has 1 aliphatic rings. The summed E-state index contributed by atoms with van der Waals surface area (Å²) in [6.45, 7) is 2.12. The van der Waals surface area contributed by atoms with Crippen molar-refractivity contribution >= 4 is 22.6 Å². The van der Waals surface area contributed by atoms with Crippen LogP contribution in [0.2, 0.25) is 0 Å². The van der Waals surface area contributed by atoms with Gasteiger partial charge in [0.25, 0.3) is 0 Å². The summed E-state index contributed by atoms with van der Waals surface area (Å²) in [4.78, 5) is 0. The Hall–Kier alpha value is -0.330. The van der Waals surface area contributed by atoms with Crippen LogP contribution >= 0.6 is 22.6 Å². The third kappa shape index (κ3) is 3.09. The van der Waals surface area contributed by atoms with E-state index in [0.29, 0.717) is 17.1 Å². The van der Waals surface area contributed by atoms with Crippen LogP contribution in [0.3, 0.4) is 0 Å². The van der Waals surface area contributed by atoms with Gasteiger partial charge in [-0.3, -0.25) is 0 Å². The van der Waals surface area contributed by atoms with E-state index in [4.69, 9.17) is 14.2 Å². The van der Waals surface area contributed by atoms with E-state index in [1.807, 2.05) is 24.3 Å². The van der Waals surface area contributed by atoms with Gasteiger partial charge in [0.15, 0.2) is 0 Å². The maximum atomic E-state index is 5.81. The average Bonchev–Trinajstić information content (AvgIpc) is 2.72. The highest BCUT2D eigenvalue weighted by atomic mass is 127. The Kier molecular flexibility index (Phi) is 4.43. The van der Waals surface area contributed by atoms with Crippen LogP contribution in [0, 0.1) is 0 Å². The van der Waals surface area contributed by atoms with Crippen molar-refractivity contribution in [3.8, 4) is 5.75 Å². The van der Waals surface area contributed by atoms with E-state index >= 15 is 0 Å². The Balaban J connectivity index is 1.88. The van der Waals surface area contributed by atoms with Crippen LogP contribution in [-0.2, 0) is 16.1 Å². The Labute approximate surface area is 109 Å². The number of hydrogen-bond donors (Lipinski definition) is 0. The topological polar surface area (TPSA) is 27.7 Å². The summed E-state index contributed by atoms with van der Waals surface area (Å²) in [6, 6.07) is 7.95. The molecule has 0 saturated carbocycles. The molecule has 88 valence electrons. The molecule has 2 atom stereocenters. The quantitative estimate of drug-likeness (QED) is 0.625. The molecule has 1 aromatic carbocycles. The van der Waals surface area contributed by atoms with Crippen molar-refractivity contribution in [1.29, 1.82) is 0 Å². The first kappa shape index (κ1) is 12.1. The third-order valence-electron chi connectivity index (χ3n) is 2.56. The zero-order chi connectivity index (χ0) is 11.4. The van der Waals surface area contributed by atoms with E-state index in [-0.39, 0.29) is 6.10 Å². The fourth-order valence-corrected chi connectivity index (χ4v) is 2.30. The standard InChI is InChI=1S/C12H15IO3/c1-14-10-4-2-3-9(5-10)6-16-12-8-15-7-11(12)13/h2-5,11-12H,6-8H2,1H3. The van der Waals surface area contributed by atoms with Crippen molar-refractivity contribution in [3.63, 3.8) is 0 Å². The number of methoxy groups -OCH3 is 1. The summed E-state index contributed by atoms with van der Waals surface area (Å²) >= 11 is 2.38. The van der Waals surface area contributed by atoms with Gasteiger partial charge in [-0.15, -0.1) is 0 Å². The van der Waals surface area contributed by atoms with Crippen molar-refractivity contribution in [2.24, 2.45) is 0 Å². The molecular formula is C12H15IO3. The summed E-state index contributed by atoms with van der Waals surface area (Å²) in [6.07, 6.45) is 0.215. The normalized spacial score (nSPS) is 24.6. The van der Waals surface area contributed by atoms with E-state index in [2.05, 4.69) is 22.6 Å². The zero-order valence-electron chi connectivity index (χ0n) is 9.19. The Bertz CT molecular complexity index is 343. The largest absolute Gasteiger partial charge is 0.497 e. The van der Waals surface area contributed by atoms with Crippen molar-refractivity contribution in [2.45, 2.75) is 16.6 Å². The van der Waals surface area contributed by atoms with E-state index in [9.17, 15) is 0 Å². The fourth-order valence-electron chi connectivity index (χ4n) is 1.63. The van der Waals surface area contributed by atoms with Gasteiger partial charge < -0.3 is 14.2 Å². The van der Waals surface area contributed by atoms with Gasteiger partial charge in [0.2, 0.25) is 0 Å². The molecule has 0 amide bonds. The molecule has 16 heavy (non-hydrogen) atoms. The first-order valence-electron chi connectivity index (χ1n) is 5.26. The molecule has 1 aromatic rings. The lowest BCUT2D eigenvalue weighted by Gasteiger charge is -2.13. The third-order valence-corrected chi connectivity index (χ3v) is 3.72. The minimum Gasteiger partial charge on any atom is -0.497 e. The minimum atomic E-state index is 0.215. The first-order chi connectivity index (χ1) is 7.79. The highest BCUT2D eigenvalue weighted by Gasteiger charge is 2.26. The summed E-state index contributed by atoms with van der Waals surface area (Å²) in [7, 11) is 1.67. The highest BCUT2D eigenvalue weighted by Crippen LogP contribution is 2.20. The van der Waals surface area contributed by atoms with Gasteiger partial charge >= 0.3 is 0 Å². The second-order valence-corrected chi connectivity index (χ2v) is 5.35. The van der Waals surface area contributed by atoms with Crippen LogP contribution in [0.15, 0.2) is 24.3 Å². The molecule has 4 heteroatoms. The van der Waals surface area contributed by atoms with Crippen molar-refractivity contribution in [3.05, 3.63) is 29.8 Å². The van der Waals surface area contributed by atoms with Gasteiger partial charge in [-0.05, 0) is 17.7 Å². The molecule has 1 aliphatic heterocycles. The molecule has 0 spiro atoms. The molecule has 0 bridgehead atoms. The number of hydrogen-bond acceptors (Lipinski definition) is 3. The van der Waals surface area contributed by atoms with Crippen LogP contribution < -0.4 is 4.74 Å². The Morgan fingerprint density at radius 2 is 2.31 bits per heavy atom. The number of alkyl halides is 1. The van der Waals surface area contributed by atoms with E-state index in [0.717, 1.165) is 17.9 Å². The van der Waals surface area contributed by atoms with Gasteiger partial charge in [0, 0.05) is 0 Å². The molecule has 1 saturated heterocycles. The van der Waals surface area contributed by atoms with E-state index in [1.165, 1.54) is 0 Å². The fraction of sp³-hybridized carbons (Fsp3) is 0.500. The first-order valence-corrected chi connectivity index (χ1v) is 6.50. The van der Waals surface area contributed by atoms with Crippen molar-refractivity contribution in [1.82, 2.24) is 0 Å². The average molecular weight is 334 g/mol. The smallest absolute Gasteiger partial charge is 0.119 e. The molecule has 0 radical (unpaired) electrons. The van der Waals surface area contributed by atoms with Crippen LogP contribution in [-0.4, -0.2) is 30.4 Å². The summed E-state index contributed by atoms with van der Waals surface area (Å²) in [5.74, 6) is 0.870. The lowest BCUT2D eigenvalue weighted by atomic mass is 10.2. The number of ether oxygens (including phenoxy) is 3. The van der Waals surface area contributed by atoms with Crippen LogP contribution in [0.4, 0.5) is 0 Å². The molecule has 3 nitrogen and oxygen atoms in total. The van der Waals surface area contributed by atoms with Crippen LogP contribution in [0.1, 0.15) is 5.56 Å². The zero-order valence-corrected chi connectivity index (χ0v) is 11.3. The molecule has 2 rings (SSSR count).